The lowest BCUT2D eigenvalue weighted by Crippen LogP contribution is -2.40. The van der Waals surface area contributed by atoms with Gasteiger partial charge in [-0.3, -0.25) is 0 Å². The minimum Gasteiger partial charge on any atom is -0.444 e. The number of carbonyl (C=O) groups is 1. The Morgan fingerprint density at radius 1 is 1.27 bits per heavy atom. The van der Waals surface area contributed by atoms with Crippen molar-refractivity contribution in [3.05, 3.63) is 22.4 Å². The topological polar surface area (TPSA) is 50.4 Å². The van der Waals surface area contributed by atoms with Gasteiger partial charge in [-0.25, -0.2) is 4.79 Å². The van der Waals surface area contributed by atoms with Gasteiger partial charge in [0.15, 0.2) is 0 Å². The zero-order chi connectivity index (χ0) is 16.8. The van der Waals surface area contributed by atoms with Crippen molar-refractivity contribution in [2.45, 2.75) is 53.2 Å². The zero-order valence-corrected chi connectivity index (χ0v) is 15.4. The third-order valence-corrected chi connectivity index (χ3v) is 4.56. The fourth-order valence-corrected chi connectivity index (χ4v) is 2.80. The second-order valence-corrected chi connectivity index (χ2v) is 8.01. The smallest absolute Gasteiger partial charge is 0.407 e. The molecule has 2 N–H and O–H groups in total. The quantitative estimate of drug-likeness (QED) is 0.789. The molecule has 0 fully saturated rings. The average molecular weight is 327 g/mol. The Labute approximate surface area is 138 Å². The molecule has 2 atom stereocenters. The fraction of sp³-hybridized carbons (Fsp3) is 0.706. The van der Waals surface area contributed by atoms with Crippen LogP contribution in [0.1, 0.15) is 52.5 Å². The van der Waals surface area contributed by atoms with Crippen molar-refractivity contribution >= 4 is 17.4 Å². The van der Waals surface area contributed by atoms with Gasteiger partial charge in [0.2, 0.25) is 0 Å². The summed E-state index contributed by atoms with van der Waals surface area (Å²) in [5, 5.41) is 8.53. The summed E-state index contributed by atoms with van der Waals surface area (Å²) in [6.07, 6.45) is -0.343. The summed E-state index contributed by atoms with van der Waals surface area (Å²) in [5.41, 5.74) is -0.455. The van der Waals surface area contributed by atoms with Gasteiger partial charge in [0, 0.05) is 24.0 Å². The SMILES string of the molecule is CC(C)C(CNC(=O)OC(C)(C)C)CN[C@@H](C)c1cccs1. The maximum absolute atomic E-state index is 11.8. The molecule has 4 nitrogen and oxygen atoms in total. The van der Waals surface area contributed by atoms with E-state index in [9.17, 15) is 4.79 Å². The van der Waals surface area contributed by atoms with Crippen LogP contribution in [0.2, 0.25) is 0 Å². The second-order valence-electron chi connectivity index (χ2n) is 7.03. The van der Waals surface area contributed by atoms with Crippen molar-refractivity contribution in [2.75, 3.05) is 13.1 Å². The highest BCUT2D eigenvalue weighted by Gasteiger charge is 2.19. The van der Waals surface area contributed by atoms with Crippen LogP contribution in [0.15, 0.2) is 17.5 Å². The standard InChI is InChI=1S/C17H30N2O2S/c1-12(2)14(11-19-16(20)21-17(4,5)6)10-18-13(3)15-8-7-9-22-15/h7-9,12-14,18H,10-11H2,1-6H3,(H,19,20)/t13-,14?/m0/s1. The number of hydrogen-bond acceptors (Lipinski definition) is 4. The van der Waals surface area contributed by atoms with Crippen molar-refractivity contribution in [3.8, 4) is 0 Å². The van der Waals surface area contributed by atoms with Gasteiger partial charge in [-0.1, -0.05) is 19.9 Å². The number of ether oxygens (including phenoxy) is 1. The summed E-state index contributed by atoms with van der Waals surface area (Å²) in [5.74, 6) is 0.855. The molecule has 1 heterocycles. The van der Waals surface area contributed by atoms with E-state index in [4.69, 9.17) is 4.74 Å². The number of thiophene rings is 1. The molecule has 0 bridgehead atoms. The van der Waals surface area contributed by atoms with Gasteiger partial charge in [0.05, 0.1) is 0 Å². The van der Waals surface area contributed by atoms with Gasteiger partial charge >= 0.3 is 6.09 Å². The third kappa shape index (κ3) is 7.27. The molecule has 5 heteroatoms. The van der Waals surface area contributed by atoms with E-state index in [0.717, 1.165) is 6.54 Å². The number of carbonyl (C=O) groups excluding carboxylic acids is 1. The predicted octanol–water partition coefficient (Wildman–Crippen LogP) is 4.20. The average Bonchev–Trinajstić information content (AvgIpc) is 2.89. The van der Waals surface area contributed by atoms with Gasteiger partial charge in [-0.2, -0.15) is 0 Å². The fourth-order valence-electron chi connectivity index (χ4n) is 2.04. The van der Waals surface area contributed by atoms with Crippen molar-refractivity contribution in [3.63, 3.8) is 0 Å². The molecule has 0 aromatic carbocycles. The molecule has 0 radical (unpaired) electrons. The second kappa shape index (κ2) is 8.53. The monoisotopic (exact) mass is 326 g/mol. The Morgan fingerprint density at radius 2 is 1.95 bits per heavy atom. The number of amides is 1. The van der Waals surface area contributed by atoms with Crippen LogP contribution in [0.25, 0.3) is 0 Å². The van der Waals surface area contributed by atoms with Gasteiger partial charge in [0.1, 0.15) is 5.60 Å². The van der Waals surface area contributed by atoms with E-state index in [0.29, 0.717) is 24.4 Å². The highest BCUT2D eigenvalue weighted by molar-refractivity contribution is 7.10. The molecule has 0 spiro atoms. The van der Waals surface area contributed by atoms with Gasteiger partial charge in [-0.15, -0.1) is 11.3 Å². The van der Waals surface area contributed by atoms with Crippen LogP contribution < -0.4 is 10.6 Å². The highest BCUT2D eigenvalue weighted by Crippen LogP contribution is 2.19. The first-order valence-electron chi connectivity index (χ1n) is 7.92. The summed E-state index contributed by atoms with van der Waals surface area (Å²) in [4.78, 5) is 13.1. The molecule has 1 aromatic heterocycles. The molecule has 126 valence electrons. The Hall–Kier alpha value is -1.07. The maximum Gasteiger partial charge on any atom is 0.407 e. The van der Waals surface area contributed by atoms with Crippen molar-refractivity contribution in [2.24, 2.45) is 11.8 Å². The summed E-state index contributed by atoms with van der Waals surface area (Å²) >= 11 is 1.76. The lowest BCUT2D eigenvalue weighted by molar-refractivity contribution is 0.0514. The normalized spacial score (nSPS) is 14.7. The van der Waals surface area contributed by atoms with Crippen molar-refractivity contribution < 1.29 is 9.53 Å². The molecule has 0 aliphatic heterocycles. The Bertz CT molecular complexity index is 438. The van der Waals surface area contributed by atoms with Crippen LogP contribution in [-0.4, -0.2) is 24.8 Å². The summed E-state index contributed by atoms with van der Waals surface area (Å²) < 4.78 is 5.28. The highest BCUT2D eigenvalue weighted by atomic mass is 32.1. The zero-order valence-electron chi connectivity index (χ0n) is 14.6. The van der Waals surface area contributed by atoms with E-state index >= 15 is 0 Å². The first-order valence-corrected chi connectivity index (χ1v) is 8.80. The predicted molar refractivity (Wildman–Crippen MR) is 93.3 cm³/mol. The van der Waals surface area contributed by atoms with Crippen LogP contribution in [-0.2, 0) is 4.74 Å². The van der Waals surface area contributed by atoms with Crippen molar-refractivity contribution in [1.82, 2.24) is 10.6 Å². The van der Waals surface area contributed by atoms with Crippen LogP contribution in [0.5, 0.6) is 0 Å². The van der Waals surface area contributed by atoms with Gasteiger partial charge in [0.25, 0.3) is 0 Å². The molecule has 0 aliphatic carbocycles. The Balaban J connectivity index is 2.40. The van der Waals surface area contributed by atoms with Gasteiger partial charge < -0.3 is 15.4 Å². The number of nitrogens with one attached hydrogen (secondary N) is 2. The lowest BCUT2D eigenvalue weighted by Gasteiger charge is -2.25. The largest absolute Gasteiger partial charge is 0.444 e. The molecule has 0 saturated carbocycles. The van der Waals surface area contributed by atoms with Crippen LogP contribution in [0.4, 0.5) is 4.79 Å². The third-order valence-electron chi connectivity index (χ3n) is 3.51. The van der Waals surface area contributed by atoms with E-state index in [2.05, 4.69) is 48.9 Å². The van der Waals surface area contributed by atoms with Gasteiger partial charge in [-0.05, 0) is 51.0 Å². The van der Waals surface area contributed by atoms with E-state index < -0.39 is 5.60 Å². The van der Waals surface area contributed by atoms with Crippen LogP contribution >= 0.6 is 11.3 Å². The van der Waals surface area contributed by atoms with E-state index in [1.54, 1.807) is 11.3 Å². The molecule has 1 rings (SSSR count). The lowest BCUT2D eigenvalue weighted by atomic mass is 9.95. The van der Waals surface area contributed by atoms with E-state index in [-0.39, 0.29) is 6.09 Å². The number of hydrogen-bond donors (Lipinski definition) is 2. The summed E-state index contributed by atoms with van der Waals surface area (Å²) in [6, 6.07) is 4.55. The minimum atomic E-state index is -0.455. The van der Waals surface area contributed by atoms with E-state index in [1.807, 2.05) is 20.8 Å². The molecule has 1 aromatic rings. The van der Waals surface area contributed by atoms with Crippen molar-refractivity contribution in [1.29, 1.82) is 0 Å². The Morgan fingerprint density at radius 3 is 2.45 bits per heavy atom. The first kappa shape index (κ1) is 19.0. The maximum atomic E-state index is 11.8. The Kier molecular flexibility index (Phi) is 7.36. The molecular weight excluding hydrogens is 296 g/mol. The molecule has 0 aliphatic rings. The molecular formula is C17H30N2O2S. The minimum absolute atomic E-state index is 0.336. The molecule has 1 unspecified atom stereocenters. The molecule has 1 amide bonds. The van der Waals surface area contributed by atoms with Crippen LogP contribution in [0, 0.1) is 11.8 Å². The number of alkyl carbamates (subject to hydrolysis) is 1. The van der Waals surface area contributed by atoms with E-state index in [1.165, 1.54) is 4.88 Å². The first-order chi connectivity index (χ1) is 10.2. The van der Waals surface area contributed by atoms with Crippen LogP contribution in [0.3, 0.4) is 0 Å². The molecule has 22 heavy (non-hydrogen) atoms. The summed E-state index contributed by atoms with van der Waals surface area (Å²) in [6.45, 7) is 13.6. The number of rotatable bonds is 7. The molecule has 0 saturated heterocycles. The summed E-state index contributed by atoms with van der Waals surface area (Å²) in [7, 11) is 0.